The number of rotatable bonds is 4. The second-order valence-electron chi connectivity index (χ2n) is 4.44. The Bertz CT molecular complexity index is 586. The van der Waals surface area contributed by atoms with E-state index in [0.717, 1.165) is 0 Å². The van der Waals surface area contributed by atoms with Gasteiger partial charge in [0.15, 0.2) is 0 Å². The molecular weight excluding hydrogens is 290 g/mol. The maximum atomic E-state index is 11.9. The number of nitrogens with one attached hydrogen (secondary N) is 3. The average Bonchev–Trinajstić information content (AvgIpc) is 2.45. The zero-order valence-corrected chi connectivity index (χ0v) is 11.9. The van der Waals surface area contributed by atoms with Gasteiger partial charge in [0.1, 0.15) is 11.6 Å². The number of nitriles is 1. The summed E-state index contributed by atoms with van der Waals surface area (Å²) in [5.74, 6) is -0.267. The molecule has 0 saturated carbocycles. The molecule has 0 aromatic heterocycles. The summed E-state index contributed by atoms with van der Waals surface area (Å²) in [6.07, 6.45) is -0.183. The molecule has 110 valence electrons. The summed E-state index contributed by atoms with van der Waals surface area (Å²) < 4.78 is 0. The van der Waals surface area contributed by atoms with E-state index in [1.54, 1.807) is 24.3 Å². The van der Waals surface area contributed by atoms with Gasteiger partial charge in [0, 0.05) is 0 Å². The summed E-state index contributed by atoms with van der Waals surface area (Å²) in [6.45, 7) is 0. The third kappa shape index (κ3) is 4.46. The Hall–Kier alpha value is -2.08. The first-order valence-electron chi connectivity index (χ1n) is 6.30. The van der Waals surface area contributed by atoms with Crippen LogP contribution in [-0.2, 0) is 9.59 Å². The molecule has 2 rings (SSSR count). The minimum absolute atomic E-state index is 0.129. The fourth-order valence-electron chi connectivity index (χ4n) is 1.82. The van der Waals surface area contributed by atoms with E-state index in [2.05, 4.69) is 16.0 Å². The molecule has 2 unspecified atom stereocenters. The van der Waals surface area contributed by atoms with E-state index in [9.17, 15) is 9.59 Å². The normalized spacial score (nSPS) is 21.2. The number of para-hydroxylation sites is 1. The lowest BCUT2D eigenvalue weighted by atomic mass is 10.2. The number of carbonyl (C=O) groups excluding carboxylic acids is 2. The maximum absolute atomic E-state index is 11.9. The highest BCUT2D eigenvalue weighted by Gasteiger charge is 2.23. The van der Waals surface area contributed by atoms with Gasteiger partial charge in [-0.15, -0.1) is 11.8 Å². The number of thioether (sulfide) groups is 1. The molecule has 1 aromatic carbocycles. The SMILES string of the molecule is N#Cc1ccccc1NC(=O)CSC1NC(=O)CC(N)N1. The van der Waals surface area contributed by atoms with Gasteiger partial charge in [-0.1, -0.05) is 12.1 Å². The van der Waals surface area contributed by atoms with E-state index in [0.29, 0.717) is 11.3 Å². The smallest absolute Gasteiger partial charge is 0.234 e. The zero-order valence-electron chi connectivity index (χ0n) is 11.1. The average molecular weight is 305 g/mol. The van der Waals surface area contributed by atoms with Gasteiger partial charge in [-0.2, -0.15) is 5.26 Å². The molecule has 1 aliphatic heterocycles. The van der Waals surface area contributed by atoms with Gasteiger partial charge in [-0.3, -0.25) is 14.9 Å². The lowest BCUT2D eigenvalue weighted by Gasteiger charge is -2.28. The van der Waals surface area contributed by atoms with Crippen molar-refractivity contribution in [2.45, 2.75) is 18.1 Å². The quantitative estimate of drug-likeness (QED) is 0.617. The number of carbonyl (C=O) groups is 2. The maximum Gasteiger partial charge on any atom is 0.234 e. The highest BCUT2D eigenvalue weighted by atomic mass is 32.2. The van der Waals surface area contributed by atoms with Gasteiger partial charge in [-0.05, 0) is 12.1 Å². The van der Waals surface area contributed by atoms with E-state index in [4.69, 9.17) is 11.0 Å². The van der Waals surface area contributed by atoms with Crippen LogP contribution < -0.4 is 21.7 Å². The van der Waals surface area contributed by atoms with Gasteiger partial charge in [0.25, 0.3) is 0 Å². The molecule has 0 aliphatic carbocycles. The highest BCUT2D eigenvalue weighted by Crippen LogP contribution is 2.15. The summed E-state index contributed by atoms with van der Waals surface area (Å²) in [5.41, 5.74) is 6.15. The van der Waals surface area contributed by atoms with Crippen LogP contribution in [0.25, 0.3) is 0 Å². The van der Waals surface area contributed by atoms with Gasteiger partial charge < -0.3 is 16.4 Å². The van der Waals surface area contributed by atoms with E-state index >= 15 is 0 Å². The molecule has 2 atom stereocenters. The molecule has 0 spiro atoms. The number of hydrogen-bond donors (Lipinski definition) is 4. The number of anilines is 1. The Balaban J connectivity index is 1.85. The second-order valence-corrected chi connectivity index (χ2v) is 5.53. The summed E-state index contributed by atoms with van der Waals surface area (Å²) in [6, 6.07) is 8.77. The van der Waals surface area contributed by atoms with Gasteiger partial charge >= 0.3 is 0 Å². The third-order valence-corrected chi connectivity index (χ3v) is 3.78. The van der Waals surface area contributed by atoms with Crippen molar-refractivity contribution in [2.24, 2.45) is 5.73 Å². The Labute approximate surface area is 126 Å². The Morgan fingerprint density at radius 3 is 3.00 bits per heavy atom. The van der Waals surface area contributed by atoms with Crippen LogP contribution in [0, 0.1) is 11.3 Å². The molecule has 21 heavy (non-hydrogen) atoms. The first-order valence-corrected chi connectivity index (χ1v) is 7.35. The standard InChI is InChI=1S/C13H15N5O2S/c14-6-8-3-1-2-4-9(8)16-12(20)7-21-13-17-10(15)5-11(19)18-13/h1-4,10,13,17H,5,7,15H2,(H,16,20)(H,18,19). The minimum atomic E-state index is -0.404. The first kappa shape index (κ1) is 15.3. The molecule has 1 fully saturated rings. The van der Waals surface area contributed by atoms with E-state index < -0.39 is 11.7 Å². The number of nitrogens with two attached hydrogens (primary N) is 1. The molecule has 7 nitrogen and oxygen atoms in total. The molecule has 5 N–H and O–H groups in total. The van der Waals surface area contributed by atoms with Crippen molar-refractivity contribution in [1.29, 1.82) is 5.26 Å². The summed E-state index contributed by atoms with van der Waals surface area (Å²) in [7, 11) is 0. The topological polar surface area (TPSA) is 120 Å². The predicted octanol–water partition coefficient (Wildman–Crippen LogP) is -0.0921. The molecule has 0 radical (unpaired) electrons. The molecule has 0 bridgehead atoms. The highest BCUT2D eigenvalue weighted by molar-refractivity contribution is 8.00. The first-order chi connectivity index (χ1) is 10.1. The van der Waals surface area contributed by atoms with Gasteiger partial charge in [0.2, 0.25) is 11.8 Å². The Kier molecular flexibility index (Phi) is 5.16. The van der Waals surface area contributed by atoms with E-state index in [1.165, 1.54) is 11.8 Å². The van der Waals surface area contributed by atoms with Gasteiger partial charge in [0.05, 0.1) is 29.6 Å². The molecule has 8 heteroatoms. The van der Waals surface area contributed by atoms with Gasteiger partial charge in [-0.25, -0.2) is 0 Å². The number of hydrogen-bond acceptors (Lipinski definition) is 6. The van der Waals surface area contributed by atoms with Crippen LogP contribution in [0.2, 0.25) is 0 Å². The molecule has 1 aliphatic rings. The third-order valence-electron chi connectivity index (χ3n) is 2.77. The summed E-state index contributed by atoms with van der Waals surface area (Å²) >= 11 is 1.23. The van der Waals surface area contributed by atoms with Crippen molar-refractivity contribution in [2.75, 3.05) is 11.1 Å². The van der Waals surface area contributed by atoms with Crippen molar-refractivity contribution in [3.05, 3.63) is 29.8 Å². The molecule has 1 aromatic rings. The number of benzene rings is 1. The monoisotopic (exact) mass is 305 g/mol. The number of nitrogens with zero attached hydrogens (tertiary/aromatic N) is 1. The second kappa shape index (κ2) is 7.08. The number of amides is 2. The van der Waals surface area contributed by atoms with Crippen LogP contribution >= 0.6 is 11.8 Å². The fourth-order valence-corrected chi connectivity index (χ4v) is 2.70. The van der Waals surface area contributed by atoms with Crippen molar-refractivity contribution in [1.82, 2.24) is 10.6 Å². The van der Waals surface area contributed by atoms with E-state index in [-0.39, 0.29) is 24.0 Å². The van der Waals surface area contributed by atoms with Crippen LogP contribution in [0.3, 0.4) is 0 Å². The Morgan fingerprint density at radius 1 is 1.52 bits per heavy atom. The predicted molar refractivity (Wildman–Crippen MR) is 79.9 cm³/mol. The van der Waals surface area contributed by atoms with Crippen LogP contribution in [0.4, 0.5) is 5.69 Å². The van der Waals surface area contributed by atoms with Crippen molar-refractivity contribution < 1.29 is 9.59 Å². The molecular formula is C13H15N5O2S. The van der Waals surface area contributed by atoms with Crippen LogP contribution in [0.15, 0.2) is 24.3 Å². The summed E-state index contributed by atoms with van der Waals surface area (Å²) in [5, 5.41) is 17.3. The van der Waals surface area contributed by atoms with Crippen LogP contribution in [-0.4, -0.2) is 29.2 Å². The van der Waals surface area contributed by atoms with E-state index in [1.807, 2.05) is 6.07 Å². The molecule has 1 heterocycles. The van der Waals surface area contributed by atoms with Crippen molar-refractivity contribution in [3.63, 3.8) is 0 Å². The van der Waals surface area contributed by atoms with Crippen molar-refractivity contribution >= 4 is 29.3 Å². The van der Waals surface area contributed by atoms with Crippen LogP contribution in [0.5, 0.6) is 0 Å². The fraction of sp³-hybridized carbons (Fsp3) is 0.308. The minimum Gasteiger partial charge on any atom is -0.332 e. The lowest BCUT2D eigenvalue weighted by molar-refractivity contribution is -0.123. The molecule has 2 amide bonds. The summed E-state index contributed by atoms with van der Waals surface area (Å²) in [4.78, 5) is 23.2. The largest absolute Gasteiger partial charge is 0.332 e. The lowest BCUT2D eigenvalue weighted by Crippen LogP contribution is -2.58. The van der Waals surface area contributed by atoms with Crippen molar-refractivity contribution in [3.8, 4) is 6.07 Å². The van der Waals surface area contributed by atoms with Crippen LogP contribution in [0.1, 0.15) is 12.0 Å². The Morgan fingerprint density at radius 2 is 2.29 bits per heavy atom. The zero-order chi connectivity index (χ0) is 15.2. The molecule has 1 saturated heterocycles.